The highest BCUT2D eigenvalue weighted by Gasteiger charge is 2.35. The van der Waals surface area contributed by atoms with E-state index in [9.17, 15) is 9.59 Å². The second kappa shape index (κ2) is 7.44. The Hall–Kier alpha value is -1.73. The lowest BCUT2D eigenvalue weighted by molar-refractivity contribution is -0.132. The first-order valence-electron chi connectivity index (χ1n) is 7.54. The van der Waals surface area contributed by atoms with Crippen molar-refractivity contribution in [2.45, 2.75) is 26.4 Å². The molecule has 0 saturated carbocycles. The molecular formula is C17H19BrN2O3S. The van der Waals surface area contributed by atoms with Crippen molar-refractivity contribution in [1.29, 1.82) is 0 Å². The molecule has 1 heterocycles. The number of hydrogen-bond acceptors (Lipinski definition) is 4. The van der Waals surface area contributed by atoms with Crippen molar-refractivity contribution in [2.24, 2.45) is 0 Å². The van der Waals surface area contributed by atoms with E-state index in [0.29, 0.717) is 0 Å². The van der Waals surface area contributed by atoms with Crippen molar-refractivity contribution >= 4 is 51.2 Å². The molecule has 0 aromatic heterocycles. The van der Waals surface area contributed by atoms with Crippen LogP contribution in [0.5, 0.6) is 5.75 Å². The maximum Gasteiger partial charge on any atom is 0.265 e. The highest BCUT2D eigenvalue weighted by Crippen LogP contribution is 2.29. The molecule has 1 atom stereocenters. The number of amides is 2. The number of benzene rings is 1. The molecule has 2 rings (SSSR count). The van der Waals surface area contributed by atoms with Gasteiger partial charge in [-0.1, -0.05) is 13.0 Å². The lowest BCUT2D eigenvalue weighted by Crippen LogP contribution is -2.52. The smallest absolute Gasteiger partial charge is 0.265 e. The summed E-state index contributed by atoms with van der Waals surface area (Å²) in [4.78, 5) is 27.2. The molecule has 1 aliphatic rings. The number of rotatable bonds is 4. The van der Waals surface area contributed by atoms with Crippen molar-refractivity contribution in [3.8, 4) is 5.75 Å². The van der Waals surface area contributed by atoms with E-state index in [1.807, 2.05) is 25.1 Å². The fraction of sp³-hybridized carbons (Fsp3) is 0.353. The minimum Gasteiger partial charge on any atom is -0.490 e. The van der Waals surface area contributed by atoms with Gasteiger partial charge in [-0.15, -0.1) is 0 Å². The van der Waals surface area contributed by atoms with Crippen molar-refractivity contribution in [3.63, 3.8) is 0 Å². The van der Waals surface area contributed by atoms with E-state index in [-0.39, 0.29) is 16.8 Å². The van der Waals surface area contributed by atoms with Gasteiger partial charge in [-0.2, -0.15) is 0 Å². The summed E-state index contributed by atoms with van der Waals surface area (Å²) in [5.41, 5.74) is 0.806. The van der Waals surface area contributed by atoms with Gasteiger partial charge in [0, 0.05) is 14.1 Å². The van der Waals surface area contributed by atoms with Crippen LogP contribution in [0.3, 0.4) is 0 Å². The van der Waals surface area contributed by atoms with Crippen molar-refractivity contribution in [1.82, 2.24) is 9.80 Å². The number of carbonyl (C=O) groups is 2. The molecule has 0 spiro atoms. The van der Waals surface area contributed by atoms with Gasteiger partial charge in [0.1, 0.15) is 11.3 Å². The van der Waals surface area contributed by atoms with Gasteiger partial charge in [-0.05, 0) is 65.3 Å². The quantitative estimate of drug-likeness (QED) is 0.434. The Bertz CT molecular complexity index is 707. The van der Waals surface area contributed by atoms with Crippen LogP contribution in [0.4, 0.5) is 0 Å². The molecule has 1 saturated heterocycles. The average Bonchev–Trinajstić information content (AvgIpc) is 2.57. The largest absolute Gasteiger partial charge is 0.490 e. The monoisotopic (exact) mass is 410 g/mol. The first kappa shape index (κ1) is 18.6. The van der Waals surface area contributed by atoms with Crippen LogP contribution >= 0.6 is 28.1 Å². The van der Waals surface area contributed by atoms with Crippen LogP contribution in [0.2, 0.25) is 0 Å². The summed E-state index contributed by atoms with van der Waals surface area (Å²) in [5, 5.41) is 0.195. The van der Waals surface area contributed by atoms with Gasteiger partial charge in [-0.3, -0.25) is 19.4 Å². The zero-order chi connectivity index (χ0) is 18.0. The third kappa shape index (κ3) is 3.67. The Balaban J connectivity index is 2.33. The minimum absolute atomic E-state index is 0.0797. The van der Waals surface area contributed by atoms with Gasteiger partial charge in [0.15, 0.2) is 5.11 Å². The molecule has 0 bridgehead atoms. The van der Waals surface area contributed by atoms with Crippen LogP contribution in [-0.2, 0) is 9.59 Å². The highest BCUT2D eigenvalue weighted by molar-refractivity contribution is 9.10. The second-order valence-electron chi connectivity index (χ2n) is 5.60. The first-order valence-corrected chi connectivity index (χ1v) is 8.74. The maximum absolute atomic E-state index is 12.3. The summed E-state index contributed by atoms with van der Waals surface area (Å²) in [6.45, 7) is 4.05. The van der Waals surface area contributed by atoms with Crippen LogP contribution in [0.25, 0.3) is 6.08 Å². The third-order valence-electron chi connectivity index (χ3n) is 3.81. The molecular weight excluding hydrogens is 392 g/mol. The molecule has 1 aromatic carbocycles. The van der Waals surface area contributed by atoms with Gasteiger partial charge < -0.3 is 4.74 Å². The number of thiocarbonyl (C=S) groups is 1. The number of halogens is 1. The van der Waals surface area contributed by atoms with Crippen LogP contribution in [0, 0.1) is 0 Å². The van der Waals surface area contributed by atoms with Gasteiger partial charge >= 0.3 is 0 Å². The SMILES string of the molecule is CC[C@@H](C)Oc1ccc(C=C2C(=O)N(C)C(=S)N(C)C2=O)cc1Br. The molecule has 0 radical (unpaired) electrons. The van der Waals surface area contributed by atoms with Gasteiger partial charge in [-0.25, -0.2) is 0 Å². The second-order valence-corrected chi connectivity index (χ2v) is 6.81. The maximum atomic E-state index is 12.3. The summed E-state index contributed by atoms with van der Waals surface area (Å²) >= 11 is 8.54. The predicted octanol–water partition coefficient (Wildman–Crippen LogP) is 3.23. The molecule has 1 aromatic rings. The topological polar surface area (TPSA) is 49.9 Å². The molecule has 1 aliphatic heterocycles. The van der Waals surface area contributed by atoms with Crippen LogP contribution < -0.4 is 4.74 Å². The lowest BCUT2D eigenvalue weighted by atomic mass is 10.1. The first-order chi connectivity index (χ1) is 11.3. The lowest BCUT2D eigenvalue weighted by Gasteiger charge is -2.31. The van der Waals surface area contributed by atoms with E-state index >= 15 is 0 Å². The average molecular weight is 411 g/mol. The summed E-state index contributed by atoms with van der Waals surface area (Å²) in [7, 11) is 3.11. The molecule has 2 amide bonds. The summed E-state index contributed by atoms with van der Waals surface area (Å²) in [6.07, 6.45) is 2.58. The fourth-order valence-electron chi connectivity index (χ4n) is 2.14. The zero-order valence-electron chi connectivity index (χ0n) is 14.0. The number of carbonyl (C=O) groups excluding carboxylic acids is 2. The third-order valence-corrected chi connectivity index (χ3v) is 4.98. The van der Waals surface area contributed by atoms with Gasteiger partial charge in [0.2, 0.25) is 0 Å². The van der Waals surface area contributed by atoms with E-state index < -0.39 is 11.8 Å². The molecule has 24 heavy (non-hydrogen) atoms. The van der Waals surface area contributed by atoms with Crippen LogP contribution in [-0.4, -0.2) is 46.9 Å². The van der Waals surface area contributed by atoms with E-state index in [1.54, 1.807) is 20.2 Å². The number of hydrogen-bond donors (Lipinski definition) is 0. The van der Waals surface area contributed by atoms with Gasteiger partial charge in [0.25, 0.3) is 11.8 Å². The minimum atomic E-state index is -0.404. The molecule has 5 nitrogen and oxygen atoms in total. The number of ether oxygens (including phenoxy) is 1. The van der Waals surface area contributed by atoms with Crippen molar-refractivity contribution in [2.75, 3.05) is 14.1 Å². The van der Waals surface area contributed by atoms with Gasteiger partial charge in [0.05, 0.1) is 10.6 Å². The normalized spacial score (nSPS) is 16.5. The van der Waals surface area contributed by atoms with E-state index in [4.69, 9.17) is 17.0 Å². The number of nitrogens with zero attached hydrogens (tertiary/aromatic N) is 2. The zero-order valence-corrected chi connectivity index (χ0v) is 16.4. The van der Waals surface area contributed by atoms with Crippen LogP contribution in [0.15, 0.2) is 28.2 Å². The van der Waals surface area contributed by atoms with E-state index in [0.717, 1.165) is 22.2 Å². The van der Waals surface area contributed by atoms with Crippen molar-refractivity contribution < 1.29 is 14.3 Å². The molecule has 7 heteroatoms. The summed E-state index contributed by atoms with van der Waals surface area (Å²) < 4.78 is 6.56. The standard InChI is InChI=1S/C17H19BrN2O3S/c1-5-10(2)23-14-7-6-11(9-13(14)18)8-12-15(21)19(3)17(24)20(4)16(12)22/h6-10H,5H2,1-4H3/t10-/m1/s1. The Labute approximate surface area is 155 Å². The Kier molecular flexibility index (Phi) is 5.77. The molecule has 1 fully saturated rings. The van der Waals surface area contributed by atoms with Crippen LogP contribution in [0.1, 0.15) is 25.8 Å². The molecule has 0 aliphatic carbocycles. The molecule has 0 N–H and O–H groups in total. The summed E-state index contributed by atoms with van der Waals surface area (Å²) in [6, 6.07) is 5.44. The van der Waals surface area contributed by atoms with E-state index in [1.165, 1.54) is 9.80 Å². The molecule has 0 unspecified atom stereocenters. The van der Waals surface area contributed by atoms with E-state index in [2.05, 4.69) is 22.9 Å². The summed E-state index contributed by atoms with van der Waals surface area (Å²) in [5.74, 6) is -0.0819. The Morgan fingerprint density at radius 1 is 1.25 bits per heavy atom. The number of likely N-dealkylation sites (N-methyl/N-ethyl adjacent to an activating group) is 2. The predicted molar refractivity (Wildman–Crippen MR) is 101 cm³/mol. The molecule has 128 valence electrons. The Morgan fingerprint density at radius 3 is 2.33 bits per heavy atom. The Morgan fingerprint density at radius 2 is 1.83 bits per heavy atom. The fourth-order valence-corrected chi connectivity index (χ4v) is 2.80. The van der Waals surface area contributed by atoms with Crippen molar-refractivity contribution in [3.05, 3.63) is 33.8 Å². The highest BCUT2D eigenvalue weighted by atomic mass is 79.9.